The largest absolute Gasteiger partial charge is 0.460 e. The van der Waals surface area contributed by atoms with E-state index in [-0.39, 0.29) is 69.9 Å². The molecular formula is C39H62N2O6S. The Kier molecular flexibility index (Phi) is 8.67. The molecule has 6 rings (SSSR count). The number of rotatable bonds is 6. The van der Waals surface area contributed by atoms with Crippen LogP contribution in [0.3, 0.4) is 0 Å². The average molecular weight is 687 g/mol. The first kappa shape index (κ1) is 36.2. The van der Waals surface area contributed by atoms with E-state index in [0.29, 0.717) is 17.0 Å². The van der Waals surface area contributed by atoms with Gasteiger partial charge in [-0.05, 0) is 133 Å². The molecule has 270 valence electrons. The van der Waals surface area contributed by atoms with Crippen molar-refractivity contribution < 1.29 is 29.3 Å². The van der Waals surface area contributed by atoms with Crippen molar-refractivity contribution in [3.05, 3.63) is 10.6 Å². The average Bonchev–Trinajstić information content (AvgIpc) is 3.64. The van der Waals surface area contributed by atoms with Gasteiger partial charge in [-0.15, -0.1) is 11.3 Å². The molecular weight excluding hydrogens is 625 g/mol. The standard InChI is InChI=1S/C39H62N2O6S/c1-33(2,3)47-29(44)13-12-28(43)40-32-41-31-24(48-32)21-36(8)25(34(31,4)5)15-18-37(9)26(36)20-23(42)30-22(14-17-38(30,37)10)39(11)19-16-27(46-39)35(6,7)45/h22-23,25-27,30,42,45H,12-21H2,1-11H3,(H,40,41,43)/t22?,23-,25+,26-,27+,30+,36+,37-,38-,39+/m1/s1. The number of esters is 1. The summed E-state index contributed by atoms with van der Waals surface area (Å²) in [6, 6.07) is 0. The van der Waals surface area contributed by atoms with Crippen LogP contribution in [0.25, 0.3) is 0 Å². The maximum Gasteiger partial charge on any atom is 0.306 e. The van der Waals surface area contributed by atoms with Crippen LogP contribution in [0.2, 0.25) is 0 Å². The molecule has 9 heteroatoms. The molecule has 1 amide bonds. The van der Waals surface area contributed by atoms with E-state index in [1.165, 1.54) is 4.88 Å². The molecule has 0 bridgehead atoms. The fourth-order valence-corrected chi connectivity index (χ4v) is 13.5. The van der Waals surface area contributed by atoms with Crippen LogP contribution in [0.1, 0.15) is 145 Å². The van der Waals surface area contributed by atoms with E-state index in [1.807, 2.05) is 34.6 Å². The minimum absolute atomic E-state index is 0.0153. The summed E-state index contributed by atoms with van der Waals surface area (Å²) in [4.78, 5) is 31.4. The molecule has 0 radical (unpaired) electrons. The van der Waals surface area contributed by atoms with Crippen molar-refractivity contribution >= 4 is 28.3 Å². The lowest BCUT2D eigenvalue weighted by molar-refractivity contribution is -0.227. The zero-order valence-corrected chi connectivity index (χ0v) is 32.2. The van der Waals surface area contributed by atoms with Gasteiger partial charge < -0.3 is 25.0 Å². The molecule has 1 saturated heterocycles. The number of thiazole rings is 1. The molecule has 4 fully saturated rings. The van der Waals surface area contributed by atoms with Crippen molar-refractivity contribution in [1.82, 2.24) is 4.98 Å². The normalized spacial score (nSPS) is 41.9. The SMILES string of the molecule is CC(C)(C)OC(=O)CCC(=O)Nc1nc2c(s1)C[C@]1(C)[C@H]3C[C@@H](O)[C@@H]4C([C@]5(C)CC[C@@H](C(C)(C)O)O5)CC[C@@]4(C)[C@]3(C)CC[C@H]1C2(C)C. The lowest BCUT2D eigenvalue weighted by atomic mass is 9.35. The number of anilines is 1. The lowest BCUT2D eigenvalue weighted by Crippen LogP contribution is -2.66. The highest BCUT2D eigenvalue weighted by Crippen LogP contribution is 2.76. The smallest absolute Gasteiger partial charge is 0.306 e. The lowest BCUT2D eigenvalue weighted by Gasteiger charge is -2.69. The fraction of sp³-hybridized carbons (Fsp3) is 0.872. The van der Waals surface area contributed by atoms with Gasteiger partial charge in [0.15, 0.2) is 5.13 Å². The van der Waals surface area contributed by atoms with Crippen LogP contribution in [-0.4, -0.2) is 56.1 Å². The number of fused-ring (bicyclic) bond motifs is 6. The van der Waals surface area contributed by atoms with Gasteiger partial charge in [0.05, 0.1) is 35.5 Å². The van der Waals surface area contributed by atoms with E-state index in [4.69, 9.17) is 14.5 Å². The summed E-state index contributed by atoms with van der Waals surface area (Å²) in [5.74, 6) is 0.593. The Morgan fingerprint density at radius 1 is 0.958 bits per heavy atom. The van der Waals surface area contributed by atoms with Crippen molar-refractivity contribution in [3.63, 3.8) is 0 Å². The van der Waals surface area contributed by atoms with Crippen molar-refractivity contribution in [2.24, 2.45) is 39.9 Å². The van der Waals surface area contributed by atoms with Crippen LogP contribution in [0.4, 0.5) is 5.13 Å². The zero-order valence-electron chi connectivity index (χ0n) is 31.4. The third-order valence-electron chi connectivity index (χ3n) is 14.5. The number of ether oxygens (including phenoxy) is 2. The van der Waals surface area contributed by atoms with Crippen LogP contribution in [0.15, 0.2) is 0 Å². The summed E-state index contributed by atoms with van der Waals surface area (Å²) >= 11 is 1.58. The quantitative estimate of drug-likeness (QED) is 0.264. The highest BCUT2D eigenvalue weighted by Gasteiger charge is 2.72. The second-order valence-electron chi connectivity index (χ2n) is 19.4. The third-order valence-corrected chi connectivity index (χ3v) is 15.5. The van der Waals surface area contributed by atoms with Crippen molar-refractivity contribution in [3.8, 4) is 0 Å². The molecule has 1 aromatic heterocycles. The molecule has 10 atom stereocenters. The molecule has 3 N–H and O–H groups in total. The van der Waals surface area contributed by atoms with Gasteiger partial charge in [-0.3, -0.25) is 9.59 Å². The number of carbonyl (C=O) groups excluding carboxylic acids is 2. The topological polar surface area (TPSA) is 118 Å². The van der Waals surface area contributed by atoms with Crippen molar-refractivity contribution in [2.75, 3.05) is 5.32 Å². The predicted molar refractivity (Wildman–Crippen MR) is 189 cm³/mol. The summed E-state index contributed by atoms with van der Waals surface area (Å²) in [5.41, 5.74) is -0.852. The van der Waals surface area contributed by atoms with E-state index < -0.39 is 17.3 Å². The molecule has 0 aromatic carbocycles. The minimum Gasteiger partial charge on any atom is -0.460 e. The number of nitrogens with one attached hydrogen (secondary N) is 1. The number of hydrogen-bond acceptors (Lipinski definition) is 8. The van der Waals surface area contributed by atoms with Gasteiger partial charge in [-0.1, -0.05) is 34.6 Å². The summed E-state index contributed by atoms with van der Waals surface area (Å²) in [6.07, 6.45) is 7.38. The molecule has 1 aromatic rings. The second-order valence-corrected chi connectivity index (χ2v) is 20.5. The highest BCUT2D eigenvalue weighted by molar-refractivity contribution is 7.15. The molecule has 4 aliphatic carbocycles. The second kappa shape index (κ2) is 11.5. The Bertz CT molecular complexity index is 1440. The Balaban J connectivity index is 1.23. The maximum absolute atomic E-state index is 12.9. The van der Waals surface area contributed by atoms with Crippen LogP contribution < -0.4 is 5.32 Å². The first-order valence-electron chi connectivity index (χ1n) is 18.5. The first-order chi connectivity index (χ1) is 21.9. The van der Waals surface area contributed by atoms with Crippen LogP contribution in [0, 0.1) is 39.9 Å². The highest BCUT2D eigenvalue weighted by atomic mass is 32.1. The van der Waals surface area contributed by atoms with Gasteiger partial charge in [0.1, 0.15) is 5.60 Å². The van der Waals surface area contributed by atoms with Gasteiger partial charge >= 0.3 is 5.97 Å². The number of carbonyl (C=O) groups is 2. The predicted octanol–water partition coefficient (Wildman–Crippen LogP) is 7.58. The maximum atomic E-state index is 12.9. The molecule has 8 nitrogen and oxygen atoms in total. The van der Waals surface area contributed by atoms with Gasteiger partial charge in [0, 0.05) is 16.7 Å². The fourth-order valence-electron chi connectivity index (χ4n) is 12.2. The molecule has 48 heavy (non-hydrogen) atoms. The number of hydrogen-bond donors (Lipinski definition) is 3. The number of nitrogens with zero attached hydrogens (tertiary/aromatic N) is 1. The molecule has 0 spiro atoms. The van der Waals surface area contributed by atoms with Crippen molar-refractivity contribution in [1.29, 1.82) is 0 Å². The van der Waals surface area contributed by atoms with E-state index >= 15 is 0 Å². The number of aromatic nitrogens is 1. The molecule has 3 saturated carbocycles. The summed E-state index contributed by atoms with van der Waals surface area (Å²) in [6.45, 7) is 23.6. The number of aliphatic hydroxyl groups excluding tert-OH is 1. The number of aliphatic hydroxyl groups is 2. The van der Waals surface area contributed by atoms with Crippen LogP contribution in [0.5, 0.6) is 0 Å². The molecule has 5 aliphatic rings. The molecule has 1 aliphatic heterocycles. The van der Waals surface area contributed by atoms with E-state index in [9.17, 15) is 19.8 Å². The zero-order chi connectivity index (χ0) is 35.5. The number of amides is 1. The molecule has 1 unspecified atom stereocenters. The third kappa shape index (κ3) is 5.69. The summed E-state index contributed by atoms with van der Waals surface area (Å²) in [5, 5.41) is 26.6. The van der Waals surface area contributed by atoms with E-state index in [0.717, 1.165) is 57.1 Å². The van der Waals surface area contributed by atoms with E-state index in [2.05, 4.69) is 46.9 Å². The van der Waals surface area contributed by atoms with Crippen molar-refractivity contribution in [2.45, 2.75) is 175 Å². The first-order valence-corrected chi connectivity index (χ1v) is 19.4. The Morgan fingerprint density at radius 3 is 2.25 bits per heavy atom. The van der Waals surface area contributed by atoms with Gasteiger partial charge in [-0.2, -0.15) is 0 Å². The Hall–Kier alpha value is -1.55. The van der Waals surface area contributed by atoms with Gasteiger partial charge in [0.2, 0.25) is 5.91 Å². The summed E-state index contributed by atoms with van der Waals surface area (Å²) < 4.78 is 12.1. The monoisotopic (exact) mass is 686 g/mol. The summed E-state index contributed by atoms with van der Waals surface area (Å²) in [7, 11) is 0. The van der Waals surface area contributed by atoms with Gasteiger partial charge in [-0.25, -0.2) is 4.98 Å². The Morgan fingerprint density at radius 2 is 1.62 bits per heavy atom. The molecule has 2 heterocycles. The Labute approximate surface area is 292 Å². The van der Waals surface area contributed by atoms with Gasteiger partial charge in [0.25, 0.3) is 0 Å². The minimum atomic E-state index is -0.874. The van der Waals surface area contributed by atoms with E-state index in [1.54, 1.807) is 11.3 Å². The van der Waals surface area contributed by atoms with Crippen LogP contribution in [-0.2, 0) is 30.9 Å². The van der Waals surface area contributed by atoms with Crippen LogP contribution >= 0.6 is 11.3 Å².